The molecule has 0 bridgehead atoms. The molecule has 124 valence electrons. The first-order valence-electron chi connectivity index (χ1n) is 8.44. The molecule has 0 radical (unpaired) electrons. The number of amides is 1. The zero-order valence-corrected chi connectivity index (χ0v) is 14.2. The smallest absolute Gasteiger partial charge is 0.226 e. The molecule has 0 spiro atoms. The van der Waals surface area contributed by atoms with Crippen LogP contribution in [0.2, 0.25) is 0 Å². The van der Waals surface area contributed by atoms with Gasteiger partial charge >= 0.3 is 0 Å². The molecule has 2 heterocycles. The van der Waals surface area contributed by atoms with Gasteiger partial charge in [-0.2, -0.15) is 0 Å². The van der Waals surface area contributed by atoms with Gasteiger partial charge in [0, 0.05) is 18.3 Å². The van der Waals surface area contributed by atoms with Crippen molar-refractivity contribution in [3.05, 3.63) is 11.1 Å². The van der Waals surface area contributed by atoms with Crippen LogP contribution >= 0.6 is 11.3 Å². The van der Waals surface area contributed by atoms with E-state index >= 15 is 0 Å². The Balaban J connectivity index is 1.66. The lowest BCUT2D eigenvalue weighted by atomic mass is 10.1. The number of likely N-dealkylation sites (tertiary alicyclic amines) is 1. The van der Waals surface area contributed by atoms with Crippen molar-refractivity contribution >= 4 is 22.4 Å². The van der Waals surface area contributed by atoms with E-state index in [1.54, 1.807) is 0 Å². The van der Waals surface area contributed by atoms with Crippen LogP contribution in [0.4, 0.5) is 5.13 Å². The Morgan fingerprint density at radius 2 is 2.00 bits per heavy atom. The number of carbonyl (C=O) groups excluding carboxylic acids is 1. The SMILES string of the molecule is NCCCCCCC(=O)Nc1nc(CN2CCCCC2)cs1. The molecule has 22 heavy (non-hydrogen) atoms. The summed E-state index contributed by atoms with van der Waals surface area (Å²) in [6.45, 7) is 3.99. The van der Waals surface area contributed by atoms with Gasteiger partial charge in [-0.15, -0.1) is 11.3 Å². The summed E-state index contributed by atoms with van der Waals surface area (Å²) in [4.78, 5) is 18.8. The fourth-order valence-electron chi connectivity index (χ4n) is 2.75. The molecule has 0 aromatic carbocycles. The minimum absolute atomic E-state index is 0.0756. The topological polar surface area (TPSA) is 71.2 Å². The molecule has 1 saturated heterocycles. The largest absolute Gasteiger partial charge is 0.330 e. The first-order chi connectivity index (χ1) is 10.8. The summed E-state index contributed by atoms with van der Waals surface area (Å²) in [6, 6.07) is 0. The Morgan fingerprint density at radius 1 is 1.23 bits per heavy atom. The summed E-state index contributed by atoms with van der Waals surface area (Å²) in [6.07, 6.45) is 8.66. The van der Waals surface area contributed by atoms with Gasteiger partial charge in [-0.3, -0.25) is 9.69 Å². The van der Waals surface area contributed by atoms with Crippen LogP contribution in [0, 0.1) is 0 Å². The zero-order chi connectivity index (χ0) is 15.6. The number of unbranched alkanes of at least 4 members (excludes halogenated alkanes) is 3. The third kappa shape index (κ3) is 6.42. The molecule has 1 aliphatic heterocycles. The lowest BCUT2D eigenvalue weighted by molar-refractivity contribution is -0.116. The standard InChI is InChI=1S/C16H28N4OS/c17-9-5-2-1-4-8-15(21)19-16-18-14(13-22-16)12-20-10-6-3-7-11-20/h13H,1-12,17H2,(H,18,19,21). The zero-order valence-electron chi connectivity index (χ0n) is 13.4. The Bertz CT molecular complexity index is 443. The molecule has 0 saturated carbocycles. The van der Waals surface area contributed by atoms with Gasteiger partial charge in [0.05, 0.1) is 5.69 Å². The first-order valence-corrected chi connectivity index (χ1v) is 9.32. The van der Waals surface area contributed by atoms with E-state index in [1.165, 1.54) is 43.7 Å². The van der Waals surface area contributed by atoms with Gasteiger partial charge in [0.15, 0.2) is 5.13 Å². The number of nitrogens with zero attached hydrogens (tertiary/aromatic N) is 2. The summed E-state index contributed by atoms with van der Waals surface area (Å²) in [5.41, 5.74) is 6.53. The second-order valence-electron chi connectivity index (χ2n) is 5.98. The van der Waals surface area contributed by atoms with Gasteiger partial charge in [0.2, 0.25) is 5.91 Å². The van der Waals surface area contributed by atoms with E-state index in [2.05, 4.69) is 20.6 Å². The summed E-state index contributed by atoms with van der Waals surface area (Å²) in [7, 11) is 0. The molecular formula is C16H28N4OS. The molecule has 0 unspecified atom stereocenters. The number of piperidine rings is 1. The summed E-state index contributed by atoms with van der Waals surface area (Å²) in [5, 5.41) is 5.71. The van der Waals surface area contributed by atoms with Crippen molar-refractivity contribution in [1.82, 2.24) is 9.88 Å². The van der Waals surface area contributed by atoms with Crippen molar-refractivity contribution in [3.8, 4) is 0 Å². The van der Waals surface area contributed by atoms with Crippen LogP contribution in [0.1, 0.15) is 57.1 Å². The van der Waals surface area contributed by atoms with E-state index in [0.29, 0.717) is 6.42 Å². The number of aromatic nitrogens is 1. The molecule has 1 aliphatic rings. The molecule has 1 aromatic heterocycles. The molecule has 0 atom stereocenters. The predicted octanol–water partition coefficient (Wildman–Crippen LogP) is 2.98. The fraction of sp³-hybridized carbons (Fsp3) is 0.750. The normalized spacial score (nSPS) is 15.9. The number of nitrogens with two attached hydrogens (primary N) is 1. The number of carbonyl (C=O) groups is 1. The van der Waals surface area contributed by atoms with Crippen LogP contribution in [0.5, 0.6) is 0 Å². The number of rotatable bonds is 9. The molecular weight excluding hydrogens is 296 g/mol. The average Bonchev–Trinajstić information content (AvgIpc) is 2.95. The minimum atomic E-state index is 0.0756. The van der Waals surface area contributed by atoms with Crippen LogP contribution in [-0.2, 0) is 11.3 Å². The van der Waals surface area contributed by atoms with E-state index in [1.807, 2.05) is 0 Å². The number of nitrogens with one attached hydrogen (secondary N) is 1. The average molecular weight is 324 g/mol. The third-order valence-corrected chi connectivity index (χ3v) is 4.80. The van der Waals surface area contributed by atoms with Gasteiger partial charge in [-0.05, 0) is 45.3 Å². The molecule has 1 aromatic rings. The van der Waals surface area contributed by atoms with Gasteiger partial charge in [-0.1, -0.05) is 19.3 Å². The second-order valence-corrected chi connectivity index (χ2v) is 6.84. The molecule has 6 heteroatoms. The van der Waals surface area contributed by atoms with Gasteiger partial charge in [-0.25, -0.2) is 4.98 Å². The van der Waals surface area contributed by atoms with Crippen molar-refractivity contribution < 1.29 is 4.79 Å². The number of anilines is 1. The quantitative estimate of drug-likeness (QED) is 0.685. The maximum Gasteiger partial charge on any atom is 0.226 e. The monoisotopic (exact) mass is 324 g/mol. The van der Waals surface area contributed by atoms with E-state index in [0.717, 1.165) is 49.6 Å². The van der Waals surface area contributed by atoms with Crippen molar-refractivity contribution in [1.29, 1.82) is 0 Å². The highest BCUT2D eigenvalue weighted by atomic mass is 32.1. The molecule has 2 rings (SSSR count). The lowest BCUT2D eigenvalue weighted by Crippen LogP contribution is -2.29. The van der Waals surface area contributed by atoms with Crippen molar-refractivity contribution in [2.45, 2.75) is 57.9 Å². The first kappa shape index (κ1) is 17.4. The Kier molecular flexibility index (Phi) is 7.83. The maximum absolute atomic E-state index is 11.9. The van der Waals surface area contributed by atoms with Crippen molar-refractivity contribution in [2.75, 3.05) is 25.0 Å². The van der Waals surface area contributed by atoms with E-state index in [9.17, 15) is 4.79 Å². The van der Waals surface area contributed by atoms with Crippen LogP contribution in [-0.4, -0.2) is 35.4 Å². The Labute approximate surface area is 137 Å². The van der Waals surface area contributed by atoms with E-state index in [4.69, 9.17) is 5.73 Å². The Hall–Kier alpha value is -0.980. The van der Waals surface area contributed by atoms with Gasteiger partial charge in [0.1, 0.15) is 0 Å². The molecule has 5 nitrogen and oxygen atoms in total. The molecule has 0 aliphatic carbocycles. The third-order valence-electron chi connectivity index (χ3n) is 3.99. The lowest BCUT2D eigenvalue weighted by Gasteiger charge is -2.25. The number of hydrogen-bond donors (Lipinski definition) is 2. The minimum Gasteiger partial charge on any atom is -0.330 e. The second kappa shape index (κ2) is 9.92. The fourth-order valence-corrected chi connectivity index (χ4v) is 3.47. The van der Waals surface area contributed by atoms with E-state index in [-0.39, 0.29) is 5.91 Å². The molecule has 1 amide bonds. The molecule has 1 fully saturated rings. The number of hydrogen-bond acceptors (Lipinski definition) is 5. The maximum atomic E-state index is 11.9. The van der Waals surface area contributed by atoms with Crippen LogP contribution in [0.3, 0.4) is 0 Å². The highest BCUT2D eigenvalue weighted by molar-refractivity contribution is 7.13. The van der Waals surface area contributed by atoms with Crippen LogP contribution < -0.4 is 11.1 Å². The Morgan fingerprint density at radius 3 is 2.77 bits per heavy atom. The predicted molar refractivity (Wildman–Crippen MR) is 92.0 cm³/mol. The highest BCUT2D eigenvalue weighted by Crippen LogP contribution is 2.19. The number of thiazole rings is 1. The summed E-state index contributed by atoms with van der Waals surface area (Å²) < 4.78 is 0. The molecule has 3 N–H and O–H groups in total. The van der Waals surface area contributed by atoms with Gasteiger partial charge in [0.25, 0.3) is 0 Å². The summed E-state index contributed by atoms with van der Waals surface area (Å²) >= 11 is 1.53. The van der Waals surface area contributed by atoms with Crippen LogP contribution in [0.25, 0.3) is 0 Å². The van der Waals surface area contributed by atoms with Crippen molar-refractivity contribution in [3.63, 3.8) is 0 Å². The summed E-state index contributed by atoms with van der Waals surface area (Å²) in [5.74, 6) is 0.0756. The van der Waals surface area contributed by atoms with Gasteiger partial charge < -0.3 is 11.1 Å². The highest BCUT2D eigenvalue weighted by Gasteiger charge is 2.13. The van der Waals surface area contributed by atoms with E-state index < -0.39 is 0 Å². The van der Waals surface area contributed by atoms with Crippen molar-refractivity contribution in [2.24, 2.45) is 5.73 Å². The van der Waals surface area contributed by atoms with Crippen LogP contribution in [0.15, 0.2) is 5.38 Å².